The van der Waals surface area contributed by atoms with Crippen LogP contribution in [0.3, 0.4) is 0 Å². The van der Waals surface area contributed by atoms with Crippen LogP contribution in [0.25, 0.3) is 0 Å². The van der Waals surface area contributed by atoms with Crippen molar-refractivity contribution in [2.24, 2.45) is 5.92 Å². The van der Waals surface area contributed by atoms with Crippen LogP contribution in [0.15, 0.2) is 16.9 Å². The van der Waals surface area contributed by atoms with Crippen molar-refractivity contribution in [2.45, 2.75) is 32.9 Å². The smallest absolute Gasteiger partial charge is 0.245 e. The molecule has 6 heteroatoms. The molecule has 2 heterocycles. The first-order chi connectivity index (χ1) is 8.56. The number of amides is 2. The minimum absolute atomic E-state index is 0.0497. The summed E-state index contributed by atoms with van der Waals surface area (Å²) in [5, 5.41) is 6.49. The van der Waals surface area contributed by atoms with E-state index in [9.17, 15) is 9.59 Å². The number of nitrogens with zero attached hydrogens (tertiary/aromatic N) is 2. The number of rotatable bonds is 4. The third-order valence-corrected chi connectivity index (χ3v) is 2.83. The Bertz CT molecular complexity index is 428. The molecule has 0 aliphatic carbocycles. The second-order valence-electron chi connectivity index (χ2n) is 4.93. The van der Waals surface area contributed by atoms with Gasteiger partial charge in [-0.3, -0.25) is 9.59 Å². The fourth-order valence-corrected chi connectivity index (χ4v) is 2.05. The van der Waals surface area contributed by atoms with Crippen molar-refractivity contribution in [1.29, 1.82) is 0 Å². The number of nitrogens with one attached hydrogen (secondary N) is 1. The van der Waals surface area contributed by atoms with Crippen molar-refractivity contribution < 1.29 is 14.1 Å². The van der Waals surface area contributed by atoms with Crippen LogP contribution in [0.5, 0.6) is 0 Å². The van der Waals surface area contributed by atoms with Gasteiger partial charge in [0.15, 0.2) is 0 Å². The highest BCUT2D eigenvalue weighted by atomic mass is 16.5. The fourth-order valence-electron chi connectivity index (χ4n) is 2.05. The molecule has 0 aromatic carbocycles. The van der Waals surface area contributed by atoms with Gasteiger partial charge in [0.05, 0.1) is 6.54 Å². The van der Waals surface area contributed by atoms with Crippen molar-refractivity contribution in [2.75, 3.05) is 6.54 Å². The summed E-state index contributed by atoms with van der Waals surface area (Å²) in [6.07, 6.45) is 2.11. The molecule has 18 heavy (non-hydrogen) atoms. The lowest BCUT2D eigenvalue weighted by Gasteiger charge is -2.32. The molecule has 1 saturated heterocycles. The summed E-state index contributed by atoms with van der Waals surface area (Å²) in [4.78, 5) is 25.3. The van der Waals surface area contributed by atoms with Gasteiger partial charge in [-0.15, -0.1) is 0 Å². The second-order valence-corrected chi connectivity index (χ2v) is 4.93. The zero-order valence-electron chi connectivity index (χ0n) is 10.5. The summed E-state index contributed by atoms with van der Waals surface area (Å²) in [6.45, 7) is 4.45. The zero-order valence-corrected chi connectivity index (χ0v) is 10.5. The highest BCUT2D eigenvalue weighted by Gasteiger charge is 2.33. The van der Waals surface area contributed by atoms with E-state index in [4.69, 9.17) is 4.52 Å². The number of aromatic nitrogens is 1. The van der Waals surface area contributed by atoms with Gasteiger partial charge in [0, 0.05) is 6.07 Å². The molecule has 0 spiro atoms. The summed E-state index contributed by atoms with van der Waals surface area (Å²) < 4.78 is 4.72. The van der Waals surface area contributed by atoms with E-state index in [2.05, 4.69) is 10.5 Å². The maximum absolute atomic E-state index is 12.2. The Labute approximate surface area is 105 Å². The lowest BCUT2D eigenvalue weighted by molar-refractivity contribution is -0.145. The van der Waals surface area contributed by atoms with E-state index in [0.717, 1.165) is 0 Å². The average molecular weight is 251 g/mol. The molecule has 1 aromatic heterocycles. The first-order valence-electron chi connectivity index (χ1n) is 6.03. The van der Waals surface area contributed by atoms with Crippen molar-refractivity contribution in [3.8, 4) is 0 Å². The standard InChI is InChI=1S/C12H17N3O3/c1-8(2)5-10-12(17)15(7-11(16)13-10)6-9-3-4-18-14-9/h3-4,8,10H,5-7H2,1-2H3,(H,13,16). The minimum atomic E-state index is -0.418. The molecule has 1 aromatic rings. The predicted octanol–water partition coefficient (Wildman–Crippen LogP) is 0.548. The van der Waals surface area contributed by atoms with E-state index >= 15 is 0 Å². The molecule has 1 N–H and O–H groups in total. The number of hydrogen-bond donors (Lipinski definition) is 1. The van der Waals surface area contributed by atoms with Gasteiger partial charge in [0.2, 0.25) is 11.8 Å². The molecular weight excluding hydrogens is 234 g/mol. The lowest BCUT2D eigenvalue weighted by Crippen LogP contribution is -2.57. The van der Waals surface area contributed by atoms with E-state index < -0.39 is 6.04 Å². The predicted molar refractivity (Wildman–Crippen MR) is 63.3 cm³/mol. The SMILES string of the molecule is CC(C)CC1NC(=O)CN(Cc2ccon2)C1=O. The normalized spacial score (nSPS) is 20.4. The lowest BCUT2D eigenvalue weighted by atomic mass is 10.0. The van der Waals surface area contributed by atoms with E-state index in [1.54, 1.807) is 6.07 Å². The summed E-state index contributed by atoms with van der Waals surface area (Å²) in [5.74, 6) is 0.182. The molecule has 1 fully saturated rings. The summed E-state index contributed by atoms with van der Waals surface area (Å²) in [7, 11) is 0. The zero-order chi connectivity index (χ0) is 13.1. The Balaban J connectivity index is 2.05. The molecule has 2 rings (SSSR count). The van der Waals surface area contributed by atoms with E-state index in [1.165, 1.54) is 11.2 Å². The number of carbonyl (C=O) groups excluding carboxylic acids is 2. The van der Waals surface area contributed by atoms with Crippen molar-refractivity contribution in [3.63, 3.8) is 0 Å². The molecule has 2 amide bonds. The number of piperazine rings is 1. The van der Waals surface area contributed by atoms with Crippen LogP contribution in [0.2, 0.25) is 0 Å². The van der Waals surface area contributed by atoms with E-state index in [0.29, 0.717) is 24.6 Å². The molecule has 0 bridgehead atoms. The van der Waals surface area contributed by atoms with Gasteiger partial charge >= 0.3 is 0 Å². The number of carbonyl (C=O) groups is 2. The Morgan fingerprint density at radius 1 is 1.56 bits per heavy atom. The van der Waals surface area contributed by atoms with Crippen molar-refractivity contribution in [1.82, 2.24) is 15.4 Å². The molecule has 1 unspecified atom stereocenters. The average Bonchev–Trinajstić information content (AvgIpc) is 2.77. The van der Waals surface area contributed by atoms with Crippen LogP contribution in [-0.4, -0.2) is 34.5 Å². The molecule has 1 aliphatic rings. The summed E-state index contributed by atoms with van der Waals surface area (Å²) in [5.41, 5.74) is 0.654. The van der Waals surface area contributed by atoms with Crippen LogP contribution < -0.4 is 5.32 Å². The topological polar surface area (TPSA) is 75.4 Å². The summed E-state index contributed by atoms with van der Waals surface area (Å²) in [6, 6.07) is 1.27. The van der Waals surface area contributed by atoms with Gasteiger partial charge in [-0.05, 0) is 12.3 Å². The van der Waals surface area contributed by atoms with E-state index in [1.807, 2.05) is 13.8 Å². The Hall–Kier alpha value is -1.85. The molecule has 6 nitrogen and oxygen atoms in total. The van der Waals surface area contributed by atoms with Crippen LogP contribution in [0, 0.1) is 5.92 Å². The quantitative estimate of drug-likeness (QED) is 0.847. The Morgan fingerprint density at radius 2 is 2.33 bits per heavy atom. The van der Waals surface area contributed by atoms with E-state index in [-0.39, 0.29) is 18.4 Å². The fraction of sp³-hybridized carbons (Fsp3) is 0.583. The number of hydrogen-bond acceptors (Lipinski definition) is 4. The van der Waals surface area contributed by atoms with Gasteiger partial charge in [0.25, 0.3) is 0 Å². The van der Waals surface area contributed by atoms with Gasteiger partial charge < -0.3 is 14.7 Å². The monoisotopic (exact) mass is 251 g/mol. The third kappa shape index (κ3) is 2.88. The van der Waals surface area contributed by atoms with Crippen molar-refractivity contribution >= 4 is 11.8 Å². The second kappa shape index (κ2) is 5.20. The third-order valence-electron chi connectivity index (χ3n) is 2.83. The molecular formula is C12H17N3O3. The van der Waals surface area contributed by atoms with Crippen molar-refractivity contribution in [3.05, 3.63) is 18.0 Å². The van der Waals surface area contributed by atoms with Crippen LogP contribution >= 0.6 is 0 Å². The van der Waals surface area contributed by atoms with Crippen LogP contribution in [-0.2, 0) is 16.1 Å². The Morgan fingerprint density at radius 3 is 2.94 bits per heavy atom. The maximum atomic E-state index is 12.2. The largest absolute Gasteiger partial charge is 0.364 e. The molecule has 1 aliphatic heterocycles. The first-order valence-corrected chi connectivity index (χ1v) is 6.03. The molecule has 1 atom stereocenters. The molecule has 0 saturated carbocycles. The van der Waals surface area contributed by atoms with Gasteiger partial charge in [-0.2, -0.15) is 0 Å². The highest BCUT2D eigenvalue weighted by Crippen LogP contribution is 2.13. The maximum Gasteiger partial charge on any atom is 0.245 e. The minimum Gasteiger partial charge on any atom is -0.364 e. The first kappa shape index (κ1) is 12.6. The summed E-state index contributed by atoms with van der Waals surface area (Å²) >= 11 is 0. The van der Waals surface area contributed by atoms with Crippen LogP contribution in [0.4, 0.5) is 0 Å². The molecule has 0 radical (unpaired) electrons. The highest BCUT2D eigenvalue weighted by molar-refractivity contribution is 5.94. The van der Waals surface area contributed by atoms with Gasteiger partial charge in [0.1, 0.15) is 24.5 Å². The molecule has 98 valence electrons. The van der Waals surface area contributed by atoms with Gasteiger partial charge in [-0.25, -0.2) is 0 Å². The van der Waals surface area contributed by atoms with Gasteiger partial charge in [-0.1, -0.05) is 19.0 Å². The van der Waals surface area contributed by atoms with Crippen LogP contribution in [0.1, 0.15) is 26.0 Å². The Kier molecular flexibility index (Phi) is 3.64.